The van der Waals surface area contributed by atoms with Gasteiger partial charge >= 0.3 is 0 Å². The van der Waals surface area contributed by atoms with E-state index in [0.29, 0.717) is 12.4 Å². The minimum absolute atomic E-state index is 0.199. The Bertz CT molecular complexity index is 272. The summed E-state index contributed by atoms with van der Waals surface area (Å²) in [7, 11) is 0. The average molecular weight is 208 g/mol. The van der Waals surface area contributed by atoms with E-state index >= 15 is 0 Å². The molecule has 1 amide bonds. The molecule has 1 rings (SSSR count). The molecule has 1 aromatic rings. The summed E-state index contributed by atoms with van der Waals surface area (Å²) < 4.78 is 4.85. The fourth-order valence-corrected chi connectivity index (χ4v) is 0.925. The van der Waals surface area contributed by atoms with Crippen molar-refractivity contribution in [3.63, 3.8) is 0 Å². The van der Waals surface area contributed by atoms with E-state index in [0.717, 1.165) is 0 Å². The molecule has 0 aromatic carbocycles. The summed E-state index contributed by atoms with van der Waals surface area (Å²) in [6.45, 7) is 0.415. The van der Waals surface area contributed by atoms with Crippen molar-refractivity contribution < 1.29 is 9.21 Å². The Balaban J connectivity index is 2.53. The molecule has 0 saturated carbocycles. The third-order valence-corrected chi connectivity index (χ3v) is 1.57. The number of carbonyl (C=O) groups excluding carboxylic acids is 1. The summed E-state index contributed by atoms with van der Waals surface area (Å²) in [5.74, 6) is 0.271. The van der Waals surface area contributed by atoms with E-state index in [2.05, 4.69) is 5.32 Å². The molecule has 0 spiro atoms. The molecule has 3 nitrogen and oxygen atoms in total. The highest BCUT2D eigenvalue weighted by atomic mass is 35.5. The highest BCUT2D eigenvalue weighted by molar-refractivity contribution is 6.29. The molecule has 0 atom stereocenters. The van der Waals surface area contributed by atoms with Crippen LogP contribution in [0, 0.1) is 0 Å². The van der Waals surface area contributed by atoms with Gasteiger partial charge in [-0.1, -0.05) is 0 Å². The molecule has 12 heavy (non-hydrogen) atoms. The fourth-order valence-electron chi connectivity index (χ4n) is 0.684. The Morgan fingerprint density at radius 1 is 1.58 bits per heavy atom. The predicted octanol–water partition coefficient (Wildman–Crippen LogP) is 1.90. The number of halogens is 2. The SMILES string of the molecule is O=C(NCCCl)c1ccc(Cl)o1. The van der Waals surface area contributed by atoms with Crippen LogP contribution in [0.4, 0.5) is 0 Å². The molecule has 66 valence electrons. The normalized spacial score (nSPS) is 9.83. The molecule has 0 aliphatic carbocycles. The van der Waals surface area contributed by atoms with Gasteiger partial charge < -0.3 is 9.73 Å². The summed E-state index contributed by atoms with van der Waals surface area (Å²) in [5, 5.41) is 2.74. The number of hydrogen-bond acceptors (Lipinski definition) is 2. The van der Waals surface area contributed by atoms with Crippen molar-refractivity contribution >= 4 is 29.1 Å². The van der Waals surface area contributed by atoms with Crippen LogP contribution in [0.25, 0.3) is 0 Å². The number of alkyl halides is 1. The Morgan fingerprint density at radius 3 is 2.83 bits per heavy atom. The van der Waals surface area contributed by atoms with E-state index < -0.39 is 0 Å². The molecular weight excluding hydrogens is 201 g/mol. The molecule has 1 N–H and O–H groups in total. The molecule has 1 heterocycles. The first kappa shape index (κ1) is 9.42. The molecule has 0 radical (unpaired) electrons. The summed E-state index contributed by atoms with van der Waals surface area (Å²) in [5.41, 5.74) is 0. The van der Waals surface area contributed by atoms with Crippen molar-refractivity contribution in [1.82, 2.24) is 5.32 Å². The first-order valence-corrected chi connectivity index (χ1v) is 4.25. The zero-order valence-electron chi connectivity index (χ0n) is 6.14. The maximum Gasteiger partial charge on any atom is 0.287 e. The predicted molar refractivity (Wildman–Crippen MR) is 46.8 cm³/mol. The van der Waals surface area contributed by atoms with Crippen molar-refractivity contribution in [1.29, 1.82) is 0 Å². The molecule has 0 saturated heterocycles. The molecule has 0 bridgehead atoms. The highest BCUT2D eigenvalue weighted by Crippen LogP contribution is 2.12. The van der Waals surface area contributed by atoms with Crippen molar-refractivity contribution in [2.75, 3.05) is 12.4 Å². The van der Waals surface area contributed by atoms with E-state index in [1.54, 1.807) is 0 Å². The molecule has 0 unspecified atom stereocenters. The molecule has 1 aromatic heterocycles. The molecule has 0 aliphatic heterocycles. The van der Waals surface area contributed by atoms with Crippen LogP contribution in [0.1, 0.15) is 10.6 Å². The van der Waals surface area contributed by atoms with Crippen LogP contribution in [0.5, 0.6) is 0 Å². The van der Waals surface area contributed by atoms with Crippen LogP contribution in [0.15, 0.2) is 16.5 Å². The van der Waals surface area contributed by atoms with Crippen molar-refractivity contribution in [2.24, 2.45) is 0 Å². The summed E-state index contributed by atoms with van der Waals surface area (Å²) in [6.07, 6.45) is 0. The minimum Gasteiger partial charge on any atom is -0.440 e. The fraction of sp³-hybridized carbons (Fsp3) is 0.286. The number of rotatable bonds is 3. The first-order valence-electron chi connectivity index (χ1n) is 3.33. The maximum atomic E-state index is 11.1. The smallest absolute Gasteiger partial charge is 0.287 e. The number of amides is 1. The Morgan fingerprint density at radius 2 is 2.33 bits per heavy atom. The number of hydrogen-bond donors (Lipinski definition) is 1. The first-order chi connectivity index (χ1) is 5.74. The number of nitrogens with one attached hydrogen (secondary N) is 1. The van der Waals surface area contributed by atoms with E-state index in [-0.39, 0.29) is 16.9 Å². The zero-order chi connectivity index (χ0) is 8.97. The van der Waals surface area contributed by atoms with Gasteiger partial charge in [0.25, 0.3) is 5.91 Å². The standard InChI is InChI=1S/C7H7Cl2NO2/c8-3-4-10-7(11)5-1-2-6(9)12-5/h1-2H,3-4H2,(H,10,11). The Hall–Kier alpha value is -0.670. The number of furan rings is 1. The van der Waals surface area contributed by atoms with Gasteiger partial charge in [-0.05, 0) is 23.7 Å². The van der Waals surface area contributed by atoms with Crippen LogP contribution in [-0.4, -0.2) is 18.3 Å². The van der Waals surface area contributed by atoms with Gasteiger partial charge in [0.05, 0.1) is 0 Å². The van der Waals surface area contributed by atoms with E-state index in [4.69, 9.17) is 27.6 Å². The van der Waals surface area contributed by atoms with Crippen molar-refractivity contribution in [2.45, 2.75) is 0 Å². The summed E-state index contributed by atoms with van der Waals surface area (Å²) in [4.78, 5) is 11.1. The lowest BCUT2D eigenvalue weighted by molar-refractivity contribution is 0.0928. The van der Waals surface area contributed by atoms with E-state index in [9.17, 15) is 4.79 Å². The molecule has 5 heteroatoms. The zero-order valence-corrected chi connectivity index (χ0v) is 7.65. The Kier molecular flexibility index (Phi) is 3.44. The van der Waals surface area contributed by atoms with Crippen molar-refractivity contribution in [3.05, 3.63) is 23.1 Å². The monoisotopic (exact) mass is 207 g/mol. The third-order valence-electron chi connectivity index (χ3n) is 1.18. The second-order valence-corrected chi connectivity index (χ2v) is 2.80. The maximum absolute atomic E-state index is 11.1. The van der Waals surface area contributed by atoms with Crippen LogP contribution in [0.2, 0.25) is 5.22 Å². The largest absolute Gasteiger partial charge is 0.440 e. The van der Waals surface area contributed by atoms with Gasteiger partial charge in [0.15, 0.2) is 11.0 Å². The molecule has 0 aliphatic rings. The van der Waals surface area contributed by atoms with Crippen LogP contribution >= 0.6 is 23.2 Å². The molecular formula is C7H7Cl2NO2. The number of carbonyl (C=O) groups is 1. The van der Waals surface area contributed by atoms with Crippen LogP contribution < -0.4 is 5.32 Å². The van der Waals surface area contributed by atoms with E-state index in [1.807, 2.05) is 0 Å². The van der Waals surface area contributed by atoms with E-state index in [1.165, 1.54) is 12.1 Å². The highest BCUT2D eigenvalue weighted by Gasteiger charge is 2.08. The lowest BCUT2D eigenvalue weighted by Gasteiger charge is -1.97. The lowest BCUT2D eigenvalue weighted by atomic mass is 10.4. The van der Waals surface area contributed by atoms with Gasteiger partial charge in [0.2, 0.25) is 0 Å². The lowest BCUT2D eigenvalue weighted by Crippen LogP contribution is -2.24. The quantitative estimate of drug-likeness (QED) is 0.770. The molecule has 0 fully saturated rings. The second-order valence-electron chi connectivity index (χ2n) is 2.05. The van der Waals surface area contributed by atoms with Gasteiger partial charge in [-0.2, -0.15) is 0 Å². The van der Waals surface area contributed by atoms with Crippen LogP contribution in [0.3, 0.4) is 0 Å². The van der Waals surface area contributed by atoms with Crippen LogP contribution in [-0.2, 0) is 0 Å². The minimum atomic E-state index is -0.303. The second kappa shape index (κ2) is 4.38. The topological polar surface area (TPSA) is 42.2 Å². The van der Waals surface area contributed by atoms with Gasteiger partial charge in [-0.25, -0.2) is 0 Å². The summed E-state index contributed by atoms with van der Waals surface area (Å²) in [6, 6.07) is 3.02. The van der Waals surface area contributed by atoms with Crippen molar-refractivity contribution in [3.8, 4) is 0 Å². The Labute approximate surface area is 79.6 Å². The van der Waals surface area contributed by atoms with Gasteiger partial charge in [0, 0.05) is 12.4 Å². The van der Waals surface area contributed by atoms with Gasteiger partial charge in [-0.3, -0.25) is 4.79 Å². The van der Waals surface area contributed by atoms with Gasteiger partial charge in [0.1, 0.15) is 0 Å². The average Bonchev–Trinajstić information content (AvgIpc) is 2.47. The summed E-state index contributed by atoms with van der Waals surface area (Å²) >= 11 is 10.8. The third kappa shape index (κ3) is 2.43. The van der Waals surface area contributed by atoms with Gasteiger partial charge in [-0.15, -0.1) is 11.6 Å².